The number of hydrogen-bond donors (Lipinski definition) is 3. The van der Waals surface area contributed by atoms with Crippen LogP contribution in [0.3, 0.4) is 0 Å². The molecule has 1 unspecified atom stereocenters. The third-order valence-corrected chi connectivity index (χ3v) is 9.91. The zero-order valence-corrected chi connectivity index (χ0v) is 33.4. The van der Waals surface area contributed by atoms with Crippen LogP contribution in [0.25, 0.3) is 32.6 Å². The van der Waals surface area contributed by atoms with Crippen LogP contribution in [-0.4, -0.2) is 49.8 Å². The van der Waals surface area contributed by atoms with Crippen molar-refractivity contribution in [3.8, 4) is 45.1 Å². The lowest BCUT2D eigenvalue weighted by Gasteiger charge is -2.15. The zero-order valence-electron chi connectivity index (χ0n) is 32.6. The second-order valence-corrected chi connectivity index (χ2v) is 14.8. The summed E-state index contributed by atoms with van der Waals surface area (Å²) in [4.78, 5) is 38.0. The van der Waals surface area contributed by atoms with E-state index in [4.69, 9.17) is 14.6 Å². The van der Waals surface area contributed by atoms with E-state index in [0.29, 0.717) is 38.9 Å². The number of aryl methyl sites for hydroxylation is 3. The predicted molar refractivity (Wildman–Crippen MR) is 224 cm³/mol. The number of carbonyl (C=O) groups is 2. The molecule has 0 aliphatic carbocycles. The standard InChI is InChI=1S/C28H24N4O2S.C18H17NO4/c1-17-8-11-24(30-15-17)21-12-22(27(33)31-19(3)20-10-9-18(2)29-16-20)14-23(13-21)34-28-32-25-6-4-5-7-26(25)35-28;1-11-3-4-17(15(5-11)9-19)13-6-14(18(21)22)8-16(7-13)23-12(2)10-20/h4-16,19H,1-3H3,(H,31,33);3-8,12,20H,10H2,1-2H3,(H,21,22)/t19-;/m1./s1. The molecule has 3 N–H and O–H groups in total. The molecule has 0 radical (unpaired) electrons. The molecule has 292 valence electrons. The van der Waals surface area contributed by atoms with Crippen LogP contribution in [0.15, 0.2) is 116 Å². The van der Waals surface area contributed by atoms with E-state index in [1.807, 2.05) is 101 Å². The first-order valence-corrected chi connectivity index (χ1v) is 19.2. The number of nitriles is 1. The van der Waals surface area contributed by atoms with Crippen LogP contribution in [0.2, 0.25) is 0 Å². The molecule has 7 rings (SSSR count). The summed E-state index contributed by atoms with van der Waals surface area (Å²) in [5.74, 6) is -0.426. The predicted octanol–water partition coefficient (Wildman–Crippen LogP) is 9.64. The van der Waals surface area contributed by atoms with Crippen LogP contribution in [0.1, 0.15) is 68.6 Å². The molecule has 0 bridgehead atoms. The summed E-state index contributed by atoms with van der Waals surface area (Å²) >= 11 is 1.46. The highest BCUT2D eigenvalue weighted by molar-refractivity contribution is 7.20. The number of para-hydroxylation sites is 1. The Balaban J connectivity index is 0.000000214. The molecule has 0 aliphatic heterocycles. The number of aliphatic hydroxyl groups excluding tert-OH is 1. The van der Waals surface area contributed by atoms with Crippen LogP contribution in [0.4, 0.5) is 0 Å². The van der Waals surface area contributed by atoms with E-state index >= 15 is 0 Å². The fraction of sp³-hybridized carbons (Fsp3) is 0.174. The molecule has 2 atom stereocenters. The van der Waals surface area contributed by atoms with Crippen LogP contribution < -0.4 is 14.8 Å². The third kappa shape index (κ3) is 10.3. The Morgan fingerprint density at radius 2 is 1.57 bits per heavy atom. The topological polar surface area (TPSA) is 168 Å². The third-order valence-electron chi connectivity index (χ3n) is 8.99. The molecule has 58 heavy (non-hydrogen) atoms. The summed E-state index contributed by atoms with van der Waals surface area (Å²) in [6.45, 7) is 9.25. The van der Waals surface area contributed by atoms with E-state index in [-0.39, 0.29) is 24.1 Å². The second kappa shape index (κ2) is 18.3. The first kappa shape index (κ1) is 40.7. The number of thiazole rings is 1. The molecule has 0 aliphatic rings. The van der Waals surface area contributed by atoms with Crippen molar-refractivity contribution < 1.29 is 29.3 Å². The second-order valence-electron chi connectivity index (χ2n) is 13.8. The van der Waals surface area contributed by atoms with Gasteiger partial charge >= 0.3 is 5.97 Å². The van der Waals surface area contributed by atoms with Crippen molar-refractivity contribution >= 4 is 33.4 Å². The van der Waals surface area contributed by atoms with E-state index in [1.54, 1.807) is 37.4 Å². The average molecular weight is 792 g/mol. The molecule has 0 fully saturated rings. The highest BCUT2D eigenvalue weighted by Gasteiger charge is 2.17. The maximum Gasteiger partial charge on any atom is 0.335 e. The number of pyridine rings is 2. The monoisotopic (exact) mass is 791 g/mol. The lowest BCUT2D eigenvalue weighted by molar-refractivity contribution is 0.0695. The first-order valence-electron chi connectivity index (χ1n) is 18.4. The van der Waals surface area contributed by atoms with Crippen molar-refractivity contribution in [1.82, 2.24) is 20.3 Å². The summed E-state index contributed by atoms with van der Waals surface area (Å²) in [6.07, 6.45) is 3.14. The van der Waals surface area contributed by atoms with Gasteiger partial charge in [0.1, 0.15) is 17.6 Å². The van der Waals surface area contributed by atoms with Crippen LogP contribution in [0, 0.1) is 32.1 Å². The summed E-state index contributed by atoms with van der Waals surface area (Å²) in [6, 6.07) is 33.1. The minimum Gasteiger partial charge on any atom is -0.488 e. The minimum absolute atomic E-state index is 0.0621. The van der Waals surface area contributed by atoms with Gasteiger partial charge in [0, 0.05) is 29.2 Å². The molecule has 1 amide bonds. The fourth-order valence-corrected chi connectivity index (χ4v) is 6.72. The Bertz CT molecular complexity index is 2590. The van der Waals surface area contributed by atoms with Gasteiger partial charge in [0.2, 0.25) is 0 Å². The van der Waals surface area contributed by atoms with Gasteiger partial charge in [-0.1, -0.05) is 47.7 Å². The maximum absolute atomic E-state index is 13.3. The van der Waals surface area contributed by atoms with Gasteiger partial charge in [-0.25, -0.2) is 9.78 Å². The highest BCUT2D eigenvalue weighted by atomic mass is 32.1. The average Bonchev–Trinajstić information content (AvgIpc) is 3.63. The summed E-state index contributed by atoms with van der Waals surface area (Å²) in [7, 11) is 0. The Labute approximate surface area is 340 Å². The zero-order chi connectivity index (χ0) is 41.3. The van der Waals surface area contributed by atoms with Crippen LogP contribution in [-0.2, 0) is 0 Å². The Morgan fingerprint density at radius 1 is 0.828 bits per heavy atom. The van der Waals surface area contributed by atoms with Crippen molar-refractivity contribution in [3.63, 3.8) is 0 Å². The number of amides is 1. The van der Waals surface area contributed by atoms with E-state index in [1.165, 1.54) is 23.5 Å². The largest absolute Gasteiger partial charge is 0.488 e. The van der Waals surface area contributed by atoms with Crippen molar-refractivity contribution in [3.05, 3.63) is 155 Å². The van der Waals surface area contributed by atoms with Gasteiger partial charge < -0.3 is 25.0 Å². The number of benzene rings is 4. The minimum atomic E-state index is -1.08. The van der Waals surface area contributed by atoms with Crippen LogP contribution in [0.5, 0.6) is 16.7 Å². The van der Waals surface area contributed by atoms with Gasteiger partial charge in [-0.2, -0.15) is 5.26 Å². The molecule has 3 heterocycles. The lowest BCUT2D eigenvalue weighted by atomic mass is 9.97. The molecule has 0 saturated heterocycles. The maximum atomic E-state index is 13.3. The van der Waals surface area contributed by atoms with Gasteiger partial charge in [-0.3, -0.25) is 14.8 Å². The van der Waals surface area contributed by atoms with Gasteiger partial charge in [-0.05, 0) is 129 Å². The van der Waals surface area contributed by atoms with Crippen molar-refractivity contribution in [2.45, 2.75) is 46.8 Å². The van der Waals surface area contributed by atoms with E-state index < -0.39 is 12.1 Å². The van der Waals surface area contributed by atoms with Gasteiger partial charge in [0.25, 0.3) is 11.1 Å². The normalized spacial score (nSPS) is 11.7. The Hall–Kier alpha value is -6.94. The number of ether oxygens (including phenoxy) is 2. The SMILES string of the molecule is Cc1ccc(-c2cc(OC(C)CO)cc(C(=O)O)c2)c(C#N)c1.Cc1ccc(-c2cc(Oc3nc4ccccc4s3)cc(C(=O)N[C@H](C)c3ccc(C)nc3)c2)nc1. The number of aromatic nitrogens is 3. The molecule has 11 nitrogen and oxygen atoms in total. The van der Waals surface area contributed by atoms with Gasteiger partial charge in [-0.15, -0.1) is 0 Å². The van der Waals surface area contributed by atoms with Gasteiger partial charge in [0.05, 0.1) is 45.8 Å². The summed E-state index contributed by atoms with van der Waals surface area (Å²) < 4.78 is 12.7. The number of rotatable bonds is 11. The lowest BCUT2D eigenvalue weighted by Crippen LogP contribution is -2.26. The quantitative estimate of drug-likeness (QED) is 0.115. The molecular weight excluding hydrogens is 751 g/mol. The number of hydrogen-bond acceptors (Lipinski definition) is 10. The number of aromatic carboxylic acids is 1. The van der Waals surface area contributed by atoms with Crippen LogP contribution >= 0.6 is 11.3 Å². The van der Waals surface area contributed by atoms with Gasteiger partial charge in [0.15, 0.2) is 0 Å². The van der Waals surface area contributed by atoms with Crippen molar-refractivity contribution in [2.24, 2.45) is 0 Å². The highest BCUT2D eigenvalue weighted by Crippen LogP contribution is 2.34. The number of nitrogens with zero attached hydrogens (tertiary/aromatic N) is 4. The molecule has 4 aromatic carbocycles. The Morgan fingerprint density at radius 3 is 2.26 bits per heavy atom. The van der Waals surface area contributed by atoms with Crippen molar-refractivity contribution in [2.75, 3.05) is 6.61 Å². The molecule has 7 aromatic rings. The van der Waals surface area contributed by atoms with E-state index in [9.17, 15) is 20.0 Å². The van der Waals surface area contributed by atoms with E-state index in [2.05, 4.69) is 26.3 Å². The molecule has 12 heteroatoms. The number of aliphatic hydroxyl groups is 1. The Kier molecular flexibility index (Phi) is 12.9. The molecule has 0 spiro atoms. The fourth-order valence-electron chi connectivity index (χ4n) is 5.89. The molecular formula is C46H41N5O6S. The number of fused-ring (bicyclic) bond motifs is 1. The first-order chi connectivity index (χ1) is 27.9. The smallest absolute Gasteiger partial charge is 0.335 e. The van der Waals surface area contributed by atoms with E-state index in [0.717, 1.165) is 43.9 Å². The summed E-state index contributed by atoms with van der Waals surface area (Å²) in [5, 5.41) is 31.3. The van der Waals surface area contributed by atoms with Crippen molar-refractivity contribution in [1.29, 1.82) is 5.26 Å². The summed E-state index contributed by atoms with van der Waals surface area (Å²) in [5.41, 5.74) is 8.54. The number of carboxylic acids is 1. The number of carboxylic acid groups (broad SMARTS) is 1. The molecule has 0 saturated carbocycles. The molecule has 3 aromatic heterocycles. The number of carbonyl (C=O) groups excluding carboxylic acids is 1. The number of nitrogens with one attached hydrogen (secondary N) is 1.